The number of halogens is 4. The van der Waals surface area contributed by atoms with Gasteiger partial charge < -0.3 is 9.47 Å². The van der Waals surface area contributed by atoms with Gasteiger partial charge in [-0.05, 0) is 48.4 Å². The predicted molar refractivity (Wildman–Crippen MR) is 117 cm³/mol. The highest BCUT2D eigenvalue weighted by molar-refractivity contribution is 6.79. The van der Waals surface area contributed by atoms with Crippen molar-refractivity contribution >= 4 is 16.9 Å². The summed E-state index contributed by atoms with van der Waals surface area (Å²) in [5.41, 5.74) is 1.77. The van der Waals surface area contributed by atoms with E-state index in [1.807, 2.05) is 0 Å². The van der Waals surface area contributed by atoms with E-state index in [1.54, 1.807) is 13.2 Å². The largest absolute Gasteiger partial charge is 0.573 e. The lowest BCUT2D eigenvalue weighted by atomic mass is 9.93. The van der Waals surface area contributed by atoms with Gasteiger partial charge in [-0.1, -0.05) is 55.7 Å². The van der Waals surface area contributed by atoms with Crippen molar-refractivity contribution in [3.05, 3.63) is 29.6 Å². The zero-order valence-corrected chi connectivity index (χ0v) is 20.2. The quantitative estimate of drug-likeness (QED) is 0.244. The molecule has 0 spiro atoms. The van der Waals surface area contributed by atoms with Gasteiger partial charge in [-0.2, -0.15) is 0 Å². The monoisotopic (exact) mass is 462 g/mol. The predicted octanol–water partition coefficient (Wildman–Crippen LogP) is 7.11. The summed E-state index contributed by atoms with van der Waals surface area (Å²) in [6, 6.07) is 10.8. The Hall–Kier alpha value is -0.866. The minimum Gasteiger partial charge on any atom is -0.403 e. The summed E-state index contributed by atoms with van der Waals surface area (Å²) < 4.78 is 60.0. The van der Waals surface area contributed by atoms with E-state index in [-0.39, 0.29) is 5.92 Å². The van der Waals surface area contributed by atoms with Crippen LogP contribution in [0.3, 0.4) is 0 Å². The molecule has 2 nitrogen and oxygen atoms in total. The molecule has 0 N–H and O–H groups in total. The van der Waals surface area contributed by atoms with Crippen molar-refractivity contribution in [3.63, 3.8) is 0 Å². The van der Waals surface area contributed by atoms with Gasteiger partial charge in [0, 0.05) is 22.5 Å². The van der Waals surface area contributed by atoms with Crippen molar-refractivity contribution in [3.8, 4) is 5.75 Å². The highest BCUT2D eigenvalue weighted by Crippen LogP contribution is 2.45. The lowest BCUT2D eigenvalue weighted by molar-refractivity contribution is -0.275. The number of rotatable bonds is 7. The lowest BCUT2D eigenvalue weighted by Crippen LogP contribution is -2.38. The zero-order chi connectivity index (χ0) is 21.8. The van der Waals surface area contributed by atoms with Crippen molar-refractivity contribution in [1.82, 2.24) is 0 Å². The molecule has 0 saturated carbocycles. The number of hydrogen-bond donors (Lipinski definition) is 0. The fourth-order valence-corrected chi connectivity index (χ4v) is 14.3. The van der Waals surface area contributed by atoms with E-state index in [4.69, 9.17) is 4.74 Å². The molecule has 0 atom stereocenters. The van der Waals surface area contributed by atoms with Crippen LogP contribution in [0, 0.1) is 5.82 Å². The Labute approximate surface area is 180 Å². The van der Waals surface area contributed by atoms with Crippen molar-refractivity contribution in [2.45, 2.75) is 86.7 Å². The molecule has 1 aromatic carbocycles. The van der Waals surface area contributed by atoms with E-state index in [2.05, 4.69) is 11.3 Å². The first-order valence-corrected chi connectivity index (χ1v) is 16.7. The maximum atomic E-state index is 14.1. The molecule has 0 radical (unpaired) electrons. The van der Waals surface area contributed by atoms with Crippen LogP contribution in [0.1, 0.15) is 43.6 Å². The van der Waals surface area contributed by atoms with E-state index in [0.29, 0.717) is 0 Å². The SMILES string of the molecule is COCCC[Si]1(C)CCC([SiH]2CCC(c3ccc(OC(F)(F)F)c(F)c3)CC2)CC1. The van der Waals surface area contributed by atoms with E-state index in [0.717, 1.165) is 36.6 Å². The van der Waals surface area contributed by atoms with Crippen LogP contribution in [0.15, 0.2) is 18.2 Å². The Bertz CT molecular complexity index is 682. The maximum Gasteiger partial charge on any atom is 0.573 e. The molecule has 3 rings (SSSR count). The summed E-state index contributed by atoms with van der Waals surface area (Å²) >= 11 is 0. The minimum atomic E-state index is -4.87. The minimum absolute atomic E-state index is 0.264. The van der Waals surface area contributed by atoms with Crippen LogP contribution >= 0.6 is 0 Å². The Morgan fingerprint density at radius 2 is 1.77 bits per heavy atom. The smallest absolute Gasteiger partial charge is 0.403 e. The van der Waals surface area contributed by atoms with Crippen molar-refractivity contribution in [2.75, 3.05) is 13.7 Å². The molecule has 2 aliphatic heterocycles. The topological polar surface area (TPSA) is 18.5 Å². The zero-order valence-electron chi connectivity index (χ0n) is 18.1. The fraction of sp³-hybridized carbons (Fsp3) is 0.727. The molecule has 8 heteroatoms. The van der Waals surface area contributed by atoms with Gasteiger partial charge in [0.05, 0.1) is 8.07 Å². The van der Waals surface area contributed by atoms with Gasteiger partial charge in [0.1, 0.15) is 0 Å². The normalized spacial score (nSPS) is 30.3. The summed E-state index contributed by atoms with van der Waals surface area (Å²) in [5.74, 6) is -1.40. The summed E-state index contributed by atoms with van der Waals surface area (Å²) in [7, 11) is -0.0675. The van der Waals surface area contributed by atoms with Gasteiger partial charge in [-0.3, -0.25) is 0 Å². The van der Waals surface area contributed by atoms with Gasteiger partial charge in [0.25, 0.3) is 0 Å². The van der Waals surface area contributed by atoms with E-state index >= 15 is 0 Å². The van der Waals surface area contributed by atoms with Gasteiger partial charge in [0.15, 0.2) is 11.6 Å². The summed E-state index contributed by atoms with van der Waals surface area (Å²) in [6.07, 6.45) is 1.26. The van der Waals surface area contributed by atoms with Crippen LogP contribution < -0.4 is 4.74 Å². The van der Waals surface area contributed by atoms with Crippen molar-refractivity contribution in [1.29, 1.82) is 0 Å². The molecule has 170 valence electrons. The third-order valence-corrected chi connectivity index (χ3v) is 16.2. The first kappa shape index (κ1) is 23.8. The molecule has 2 heterocycles. The average Bonchev–Trinajstić information content (AvgIpc) is 2.70. The third-order valence-electron chi connectivity index (χ3n) is 7.46. The molecule has 1 aromatic rings. The van der Waals surface area contributed by atoms with Gasteiger partial charge in [-0.15, -0.1) is 13.2 Å². The molecule has 0 bridgehead atoms. The Morgan fingerprint density at radius 1 is 1.10 bits per heavy atom. The van der Waals surface area contributed by atoms with Gasteiger partial charge in [0.2, 0.25) is 0 Å². The third kappa shape index (κ3) is 6.56. The number of ether oxygens (including phenoxy) is 2. The standard InChI is InChI=1S/C22H34F4O2Si2/c1-27-10-3-13-30(2)14-8-19(9-15-30)29-11-6-17(7-12-29)18-4-5-21(20(23)16-18)28-22(24,25)26/h4-5,16-17,19,29H,3,6-15H2,1-2H3. The molecule has 0 aliphatic carbocycles. The van der Waals surface area contributed by atoms with Crippen LogP contribution in [-0.4, -0.2) is 36.9 Å². The molecule has 2 saturated heterocycles. The Balaban J connectivity index is 1.48. The molecule has 2 fully saturated rings. The van der Waals surface area contributed by atoms with Crippen molar-refractivity contribution < 1.29 is 27.0 Å². The van der Waals surface area contributed by atoms with E-state index < -0.39 is 34.8 Å². The van der Waals surface area contributed by atoms with Gasteiger partial charge >= 0.3 is 6.36 Å². The number of methoxy groups -OCH3 is 1. The molecular formula is C22H34F4O2Si2. The average molecular weight is 463 g/mol. The molecule has 30 heavy (non-hydrogen) atoms. The second-order valence-electron chi connectivity index (χ2n) is 9.59. The van der Waals surface area contributed by atoms with Gasteiger partial charge in [-0.25, -0.2) is 4.39 Å². The maximum absolute atomic E-state index is 14.1. The van der Waals surface area contributed by atoms with Crippen LogP contribution in [0.4, 0.5) is 17.6 Å². The van der Waals surface area contributed by atoms with Crippen LogP contribution in [0.25, 0.3) is 0 Å². The molecule has 0 aromatic heterocycles. The van der Waals surface area contributed by atoms with E-state index in [9.17, 15) is 17.6 Å². The number of hydrogen-bond acceptors (Lipinski definition) is 2. The second-order valence-corrected chi connectivity index (χ2v) is 18.3. The fourth-order valence-electron chi connectivity index (χ4n) is 5.60. The highest BCUT2D eigenvalue weighted by atomic mass is 28.3. The summed E-state index contributed by atoms with van der Waals surface area (Å²) in [5, 5.41) is 0. The molecule has 2 aliphatic rings. The Kier molecular flexibility index (Phi) is 8.06. The molecule has 0 unspecified atom stereocenters. The Morgan fingerprint density at radius 3 is 2.33 bits per heavy atom. The van der Waals surface area contributed by atoms with Crippen LogP contribution in [-0.2, 0) is 4.74 Å². The number of benzene rings is 1. The highest BCUT2D eigenvalue weighted by Gasteiger charge is 2.37. The summed E-state index contributed by atoms with van der Waals surface area (Å²) in [6.45, 7) is 3.45. The number of alkyl halides is 3. The lowest BCUT2D eigenvalue weighted by Gasteiger charge is -2.41. The molecule has 0 amide bonds. The molecular weight excluding hydrogens is 428 g/mol. The summed E-state index contributed by atoms with van der Waals surface area (Å²) in [4.78, 5) is 0. The first-order chi connectivity index (χ1) is 14.2. The van der Waals surface area contributed by atoms with E-state index in [1.165, 1.54) is 55.5 Å². The van der Waals surface area contributed by atoms with Crippen LogP contribution in [0.2, 0.25) is 42.3 Å². The van der Waals surface area contributed by atoms with Crippen molar-refractivity contribution in [2.24, 2.45) is 0 Å². The second kappa shape index (κ2) is 10.2. The first-order valence-electron chi connectivity index (χ1n) is 11.2. The van der Waals surface area contributed by atoms with Crippen LogP contribution in [0.5, 0.6) is 5.75 Å².